The number of hydrogen-bond donors (Lipinski definition) is 1. The number of halogens is 2. The van der Waals surface area contributed by atoms with Crippen LogP contribution in [0.3, 0.4) is 0 Å². The van der Waals surface area contributed by atoms with E-state index < -0.39 is 9.71 Å². The maximum atomic E-state index is 11.7. The van der Waals surface area contributed by atoms with Gasteiger partial charge in [-0.15, -0.1) is 0 Å². The fourth-order valence-corrected chi connectivity index (χ4v) is 2.08. The van der Waals surface area contributed by atoms with Gasteiger partial charge in [0.2, 0.25) is 0 Å². The summed E-state index contributed by atoms with van der Waals surface area (Å²) in [6.07, 6.45) is 1.74. The molecule has 1 rings (SSSR count). The molecule has 0 unspecified atom stereocenters. The Bertz CT molecular complexity index is 291. The van der Waals surface area contributed by atoms with Gasteiger partial charge < -0.3 is 14.4 Å². The minimum atomic E-state index is -0.516. The van der Waals surface area contributed by atoms with E-state index in [2.05, 4.69) is 38.9 Å². The first-order valence-corrected chi connectivity index (χ1v) is 7.76. The van der Waals surface area contributed by atoms with Crippen molar-refractivity contribution in [2.24, 2.45) is 5.92 Å². The number of hydrogen-bond acceptors (Lipinski definition) is 4. The van der Waals surface area contributed by atoms with Gasteiger partial charge in [0.05, 0.1) is 26.1 Å². The molecule has 0 aromatic carbocycles. The van der Waals surface area contributed by atoms with Crippen molar-refractivity contribution in [1.29, 1.82) is 0 Å². The van der Waals surface area contributed by atoms with E-state index in [1.807, 2.05) is 0 Å². The average molecular weight is 388 g/mol. The van der Waals surface area contributed by atoms with Crippen molar-refractivity contribution in [1.82, 2.24) is 0 Å². The Hall–Kier alpha value is -0.140. The number of nitrogens with one attached hydrogen (secondary N) is 1. The number of quaternary nitrogens is 1. The number of carbonyl (C=O) groups is 2. The summed E-state index contributed by atoms with van der Waals surface area (Å²) in [6, 6.07) is 0. The van der Waals surface area contributed by atoms with Crippen LogP contribution in [0.25, 0.3) is 0 Å². The lowest BCUT2D eigenvalue weighted by Gasteiger charge is -2.24. The molecule has 0 saturated carbocycles. The van der Waals surface area contributed by atoms with E-state index in [1.54, 1.807) is 0 Å². The molecule has 18 heavy (non-hydrogen) atoms. The molecule has 1 saturated heterocycles. The van der Waals surface area contributed by atoms with Crippen molar-refractivity contribution in [2.75, 3.05) is 33.4 Å². The molecule has 0 aromatic heterocycles. The monoisotopic (exact) mass is 386 g/mol. The zero-order valence-corrected chi connectivity index (χ0v) is 13.5. The number of piperidine rings is 1. The number of likely N-dealkylation sites (tertiary alicyclic amines) is 1. The van der Waals surface area contributed by atoms with Crippen LogP contribution in [0.1, 0.15) is 12.8 Å². The topological polar surface area (TPSA) is 57.0 Å². The molecule has 1 aliphatic heterocycles. The zero-order chi connectivity index (χ0) is 13.5. The second-order valence-corrected chi connectivity index (χ2v) is 7.43. The molecule has 5 nitrogen and oxygen atoms in total. The van der Waals surface area contributed by atoms with Crippen LogP contribution in [-0.2, 0) is 19.1 Å². The van der Waals surface area contributed by atoms with Crippen LogP contribution < -0.4 is 4.90 Å². The Morgan fingerprint density at radius 2 is 1.78 bits per heavy atom. The third-order valence-electron chi connectivity index (χ3n) is 2.92. The number of esters is 2. The molecule has 7 heteroatoms. The highest BCUT2D eigenvalue weighted by Gasteiger charge is 2.26. The number of rotatable bonds is 5. The van der Waals surface area contributed by atoms with Gasteiger partial charge in [-0.05, 0) is 0 Å². The van der Waals surface area contributed by atoms with Crippen molar-refractivity contribution >= 4 is 43.8 Å². The highest BCUT2D eigenvalue weighted by atomic mass is 79.9. The van der Waals surface area contributed by atoms with Crippen molar-refractivity contribution in [3.05, 3.63) is 0 Å². The molecule has 0 amide bonds. The molecule has 1 heterocycles. The predicted octanol–water partition coefficient (Wildman–Crippen LogP) is 0.113. The predicted molar refractivity (Wildman–Crippen MR) is 72.9 cm³/mol. The Morgan fingerprint density at radius 3 is 2.33 bits per heavy atom. The van der Waals surface area contributed by atoms with Gasteiger partial charge in [0.15, 0.2) is 3.74 Å². The standard InChI is InChI=1S/C11H17Br2NO4/c1-14-4-2-8(3-5-14)10(15)17-6-7-18-11(16)9(12)13/h8-9H,2-7H2,1H3/p+1. The molecule has 0 radical (unpaired) electrons. The minimum absolute atomic E-state index is 0.00417. The molecule has 0 aromatic rings. The van der Waals surface area contributed by atoms with E-state index in [9.17, 15) is 9.59 Å². The minimum Gasteiger partial charge on any atom is -0.462 e. The lowest BCUT2D eigenvalue weighted by molar-refractivity contribution is -0.885. The largest absolute Gasteiger partial charge is 0.462 e. The molecular formula is C11H18Br2NO4+. The zero-order valence-electron chi connectivity index (χ0n) is 10.3. The number of ether oxygens (including phenoxy) is 2. The average Bonchev–Trinajstić information content (AvgIpc) is 2.34. The summed E-state index contributed by atoms with van der Waals surface area (Å²) in [4.78, 5) is 24.2. The molecule has 1 fully saturated rings. The summed E-state index contributed by atoms with van der Waals surface area (Å²) in [5.41, 5.74) is 0. The summed E-state index contributed by atoms with van der Waals surface area (Å²) in [7, 11) is 2.12. The maximum absolute atomic E-state index is 11.7. The van der Waals surface area contributed by atoms with Crippen LogP contribution >= 0.6 is 31.9 Å². The van der Waals surface area contributed by atoms with Crippen LogP contribution in [0.5, 0.6) is 0 Å². The normalized spacial score (nSPS) is 23.8. The van der Waals surface area contributed by atoms with E-state index in [0.29, 0.717) is 0 Å². The highest BCUT2D eigenvalue weighted by Crippen LogP contribution is 2.12. The van der Waals surface area contributed by atoms with Crippen LogP contribution in [-0.4, -0.2) is 49.0 Å². The second kappa shape index (κ2) is 8.12. The summed E-state index contributed by atoms with van der Waals surface area (Å²) >= 11 is 6.04. The number of carbonyl (C=O) groups excluding carboxylic acids is 2. The summed E-state index contributed by atoms with van der Waals surface area (Å²) in [5.74, 6) is -0.591. The first-order chi connectivity index (χ1) is 8.50. The Labute approximate surface area is 123 Å². The smallest absolute Gasteiger partial charge is 0.330 e. The second-order valence-electron chi connectivity index (χ2n) is 4.37. The molecular weight excluding hydrogens is 370 g/mol. The van der Waals surface area contributed by atoms with Gasteiger partial charge in [0, 0.05) is 12.8 Å². The van der Waals surface area contributed by atoms with E-state index in [1.165, 1.54) is 4.90 Å². The third kappa shape index (κ3) is 5.67. The summed E-state index contributed by atoms with van der Waals surface area (Å²) in [6.45, 7) is 2.22. The van der Waals surface area contributed by atoms with Gasteiger partial charge in [0.1, 0.15) is 13.2 Å². The van der Waals surface area contributed by atoms with Gasteiger partial charge in [-0.3, -0.25) is 4.79 Å². The fraction of sp³-hybridized carbons (Fsp3) is 0.818. The van der Waals surface area contributed by atoms with Gasteiger partial charge in [-0.2, -0.15) is 0 Å². The first kappa shape index (κ1) is 15.9. The number of alkyl halides is 2. The van der Waals surface area contributed by atoms with Crippen LogP contribution in [0.15, 0.2) is 0 Å². The molecule has 0 spiro atoms. The van der Waals surface area contributed by atoms with Crippen LogP contribution in [0, 0.1) is 5.92 Å². The van der Waals surface area contributed by atoms with Crippen molar-refractivity contribution in [3.8, 4) is 0 Å². The van der Waals surface area contributed by atoms with Crippen LogP contribution in [0.2, 0.25) is 0 Å². The molecule has 1 N–H and O–H groups in total. The van der Waals surface area contributed by atoms with Gasteiger partial charge in [-0.1, -0.05) is 31.9 Å². The Kier molecular flexibility index (Phi) is 7.18. The summed E-state index contributed by atoms with van der Waals surface area (Å²) in [5, 5.41) is 0. The fourth-order valence-electron chi connectivity index (χ4n) is 1.81. The molecule has 0 aliphatic carbocycles. The molecule has 0 atom stereocenters. The molecule has 1 aliphatic rings. The Balaban J connectivity index is 2.12. The maximum Gasteiger partial charge on any atom is 0.330 e. The Morgan fingerprint density at radius 1 is 1.22 bits per heavy atom. The van der Waals surface area contributed by atoms with Gasteiger partial charge >= 0.3 is 11.9 Å². The van der Waals surface area contributed by atoms with E-state index in [-0.39, 0.29) is 25.1 Å². The molecule has 0 bridgehead atoms. The lowest BCUT2D eigenvalue weighted by atomic mass is 9.97. The van der Waals surface area contributed by atoms with E-state index >= 15 is 0 Å². The van der Waals surface area contributed by atoms with E-state index in [4.69, 9.17) is 9.47 Å². The van der Waals surface area contributed by atoms with Crippen molar-refractivity contribution < 1.29 is 24.0 Å². The lowest BCUT2D eigenvalue weighted by Crippen LogP contribution is -3.10. The van der Waals surface area contributed by atoms with Gasteiger partial charge in [0.25, 0.3) is 0 Å². The highest BCUT2D eigenvalue weighted by molar-refractivity contribution is 9.25. The quantitative estimate of drug-likeness (QED) is 0.413. The van der Waals surface area contributed by atoms with Crippen molar-refractivity contribution in [2.45, 2.75) is 16.6 Å². The van der Waals surface area contributed by atoms with Crippen molar-refractivity contribution in [3.63, 3.8) is 0 Å². The van der Waals surface area contributed by atoms with Crippen LogP contribution in [0.4, 0.5) is 0 Å². The van der Waals surface area contributed by atoms with Gasteiger partial charge in [-0.25, -0.2) is 4.79 Å². The summed E-state index contributed by atoms with van der Waals surface area (Å²) < 4.78 is 9.42. The SMILES string of the molecule is C[NH+]1CCC(C(=O)OCCOC(=O)C(Br)Br)CC1. The molecule has 104 valence electrons. The third-order valence-corrected chi connectivity index (χ3v) is 3.67. The van der Waals surface area contributed by atoms with E-state index in [0.717, 1.165) is 25.9 Å². The first-order valence-electron chi connectivity index (χ1n) is 5.93.